The van der Waals surface area contributed by atoms with Gasteiger partial charge in [0.1, 0.15) is 0 Å². The van der Waals surface area contributed by atoms with E-state index in [0.717, 1.165) is 6.42 Å². The number of fused-ring (bicyclic) bond motifs is 3. The van der Waals surface area contributed by atoms with E-state index in [1.165, 1.54) is 4.57 Å². The first-order chi connectivity index (χ1) is 11.5. The largest absolute Gasteiger partial charge is 0.354 e. The molecule has 0 aliphatic rings. The molecule has 0 saturated carbocycles. The maximum atomic E-state index is 12.8. The van der Waals surface area contributed by atoms with Crippen LogP contribution in [0.3, 0.4) is 0 Å². The molecule has 7 nitrogen and oxygen atoms in total. The molecule has 126 valence electrons. The second kappa shape index (κ2) is 6.56. The Morgan fingerprint density at radius 3 is 2.92 bits per heavy atom. The second-order valence-corrected chi connectivity index (χ2v) is 6.15. The van der Waals surface area contributed by atoms with Crippen molar-refractivity contribution < 1.29 is 4.79 Å². The standard InChI is InChI=1S/C16H19N5O2S/c1-3-10(2)17-13(22)8-9-20-14(23)11-6-4-5-7-12(11)21-15(20)18-19-16(21)24/h4-7,10H,3,8-9H2,1-2H3,(H,17,22)(H,19,24). The van der Waals surface area contributed by atoms with Gasteiger partial charge in [-0.1, -0.05) is 19.1 Å². The zero-order valence-corrected chi connectivity index (χ0v) is 14.4. The molecule has 24 heavy (non-hydrogen) atoms. The van der Waals surface area contributed by atoms with Crippen molar-refractivity contribution >= 4 is 34.8 Å². The topological polar surface area (TPSA) is 84.2 Å². The molecular weight excluding hydrogens is 326 g/mol. The lowest BCUT2D eigenvalue weighted by atomic mass is 10.2. The van der Waals surface area contributed by atoms with Gasteiger partial charge in [0.15, 0.2) is 0 Å². The van der Waals surface area contributed by atoms with E-state index in [1.54, 1.807) is 16.5 Å². The predicted octanol–water partition coefficient (Wildman–Crippen LogP) is 2.01. The molecule has 1 atom stereocenters. The fraction of sp³-hybridized carbons (Fsp3) is 0.375. The Bertz CT molecular complexity index is 1020. The average Bonchev–Trinajstić information content (AvgIpc) is 2.96. The first kappa shape index (κ1) is 16.4. The minimum atomic E-state index is -0.177. The Morgan fingerprint density at radius 2 is 2.17 bits per heavy atom. The first-order valence-corrected chi connectivity index (χ1v) is 8.31. The number of nitrogens with zero attached hydrogens (tertiary/aromatic N) is 3. The first-order valence-electron chi connectivity index (χ1n) is 7.91. The summed E-state index contributed by atoms with van der Waals surface area (Å²) in [5.41, 5.74) is 0.528. The SMILES string of the molecule is CCC(C)NC(=O)CCn1c(=O)c2ccccc2n2c(=S)[nH]nc12. The molecule has 1 aromatic carbocycles. The molecule has 1 amide bonds. The summed E-state index contributed by atoms with van der Waals surface area (Å²) in [6.07, 6.45) is 1.07. The normalized spacial score (nSPS) is 12.6. The Balaban J connectivity index is 2.04. The van der Waals surface area contributed by atoms with Gasteiger partial charge in [0.2, 0.25) is 16.5 Å². The van der Waals surface area contributed by atoms with E-state index in [-0.39, 0.29) is 30.5 Å². The van der Waals surface area contributed by atoms with E-state index in [4.69, 9.17) is 12.2 Å². The lowest BCUT2D eigenvalue weighted by Gasteiger charge is -2.13. The second-order valence-electron chi connectivity index (χ2n) is 5.76. The molecule has 3 rings (SSSR count). The van der Waals surface area contributed by atoms with Crippen LogP contribution in [0.2, 0.25) is 0 Å². The highest BCUT2D eigenvalue weighted by Crippen LogP contribution is 2.13. The molecule has 0 spiro atoms. The maximum Gasteiger partial charge on any atom is 0.262 e. The smallest absolute Gasteiger partial charge is 0.262 e. The summed E-state index contributed by atoms with van der Waals surface area (Å²) < 4.78 is 3.63. The van der Waals surface area contributed by atoms with Gasteiger partial charge in [-0.25, -0.2) is 5.10 Å². The van der Waals surface area contributed by atoms with Crippen molar-refractivity contribution in [3.63, 3.8) is 0 Å². The van der Waals surface area contributed by atoms with Crippen LogP contribution in [0.5, 0.6) is 0 Å². The van der Waals surface area contributed by atoms with Crippen molar-refractivity contribution in [2.45, 2.75) is 39.3 Å². The maximum absolute atomic E-state index is 12.8. The molecule has 0 aliphatic heterocycles. The van der Waals surface area contributed by atoms with Gasteiger partial charge in [-0.3, -0.25) is 18.6 Å². The number of nitrogens with one attached hydrogen (secondary N) is 2. The molecule has 3 aromatic rings. The van der Waals surface area contributed by atoms with Crippen LogP contribution in [0.15, 0.2) is 29.1 Å². The number of carbonyl (C=O) groups excluding carboxylic acids is 1. The van der Waals surface area contributed by atoms with Crippen LogP contribution in [0.25, 0.3) is 16.7 Å². The zero-order valence-electron chi connectivity index (χ0n) is 13.6. The van der Waals surface area contributed by atoms with Crippen molar-refractivity contribution in [1.29, 1.82) is 0 Å². The Labute approximate surface area is 143 Å². The van der Waals surface area contributed by atoms with E-state index in [2.05, 4.69) is 15.5 Å². The minimum Gasteiger partial charge on any atom is -0.354 e. The Kier molecular flexibility index (Phi) is 4.48. The van der Waals surface area contributed by atoms with Crippen molar-refractivity contribution in [3.8, 4) is 0 Å². The molecular formula is C16H19N5O2S. The zero-order chi connectivity index (χ0) is 17.3. The molecule has 0 aliphatic carbocycles. The van der Waals surface area contributed by atoms with Crippen molar-refractivity contribution in [1.82, 2.24) is 24.5 Å². The van der Waals surface area contributed by atoms with Gasteiger partial charge in [0.25, 0.3) is 5.56 Å². The summed E-state index contributed by atoms with van der Waals surface area (Å²) >= 11 is 5.28. The number of para-hydroxylation sites is 1. The molecule has 0 saturated heterocycles. The lowest BCUT2D eigenvalue weighted by molar-refractivity contribution is -0.121. The van der Waals surface area contributed by atoms with E-state index in [0.29, 0.717) is 21.5 Å². The monoisotopic (exact) mass is 345 g/mol. The van der Waals surface area contributed by atoms with Gasteiger partial charge in [-0.15, -0.1) is 5.10 Å². The summed E-state index contributed by atoms with van der Waals surface area (Å²) in [5, 5.41) is 10.3. The fourth-order valence-corrected chi connectivity index (χ4v) is 2.86. The molecule has 2 aromatic heterocycles. The van der Waals surface area contributed by atoms with Crippen LogP contribution in [0.4, 0.5) is 0 Å². The van der Waals surface area contributed by atoms with Crippen LogP contribution in [-0.2, 0) is 11.3 Å². The Morgan fingerprint density at radius 1 is 1.42 bits per heavy atom. The van der Waals surface area contributed by atoms with Gasteiger partial charge < -0.3 is 5.32 Å². The third-order valence-electron chi connectivity index (χ3n) is 4.10. The number of aryl methyl sites for hydroxylation is 1. The minimum absolute atomic E-state index is 0.0864. The van der Waals surface area contributed by atoms with Gasteiger partial charge in [-0.05, 0) is 37.7 Å². The van der Waals surface area contributed by atoms with Crippen LogP contribution in [0, 0.1) is 4.77 Å². The van der Waals surface area contributed by atoms with Crippen LogP contribution >= 0.6 is 12.2 Å². The van der Waals surface area contributed by atoms with E-state index >= 15 is 0 Å². The number of carbonyl (C=O) groups is 1. The highest BCUT2D eigenvalue weighted by molar-refractivity contribution is 7.71. The number of hydrogen-bond donors (Lipinski definition) is 2. The third-order valence-corrected chi connectivity index (χ3v) is 4.37. The van der Waals surface area contributed by atoms with Crippen molar-refractivity contribution in [2.24, 2.45) is 0 Å². The molecule has 1 unspecified atom stereocenters. The molecule has 2 N–H and O–H groups in total. The van der Waals surface area contributed by atoms with Crippen LogP contribution < -0.4 is 10.9 Å². The van der Waals surface area contributed by atoms with E-state index in [9.17, 15) is 9.59 Å². The summed E-state index contributed by atoms with van der Waals surface area (Å²) in [4.78, 5) is 24.8. The van der Waals surface area contributed by atoms with Gasteiger partial charge in [0, 0.05) is 19.0 Å². The number of aromatic amines is 1. The number of rotatable bonds is 5. The summed E-state index contributed by atoms with van der Waals surface area (Å²) in [6, 6.07) is 7.35. The molecule has 0 fully saturated rings. The van der Waals surface area contributed by atoms with Gasteiger partial charge in [-0.2, -0.15) is 0 Å². The quantitative estimate of drug-likeness (QED) is 0.693. The highest BCUT2D eigenvalue weighted by atomic mass is 32.1. The number of benzene rings is 1. The van der Waals surface area contributed by atoms with Crippen molar-refractivity contribution in [3.05, 3.63) is 39.4 Å². The van der Waals surface area contributed by atoms with E-state index < -0.39 is 0 Å². The molecule has 0 radical (unpaired) electrons. The predicted molar refractivity (Wildman–Crippen MR) is 94.7 cm³/mol. The molecule has 0 bridgehead atoms. The number of amides is 1. The Hall–Kier alpha value is -2.48. The average molecular weight is 345 g/mol. The fourth-order valence-electron chi connectivity index (χ4n) is 2.64. The number of H-pyrrole nitrogens is 1. The molecule has 8 heteroatoms. The third kappa shape index (κ3) is 2.84. The van der Waals surface area contributed by atoms with Gasteiger partial charge in [0.05, 0.1) is 10.9 Å². The molecule has 2 heterocycles. The van der Waals surface area contributed by atoms with Crippen LogP contribution in [-0.4, -0.2) is 31.1 Å². The van der Waals surface area contributed by atoms with Crippen molar-refractivity contribution in [2.75, 3.05) is 0 Å². The summed E-state index contributed by atoms with van der Waals surface area (Å²) in [6.45, 7) is 4.20. The summed E-state index contributed by atoms with van der Waals surface area (Å²) in [5.74, 6) is 0.330. The summed E-state index contributed by atoms with van der Waals surface area (Å²) in [7, 11) is 0. The number of hydrogen-bond acceptors (Lipinski definition) is 4. The van der Waals surface area contributed by atoms with Gasteiger partial charge >= 0.3 is 0 Å². The van der Waals surface area contributed by atoms with Crippen LogP contribution in [0.1, 0.15) is 26.7 Å². The lowest BCUT2D eigenvalue weighted by Crippen LogP contribution is -2.33. The van der Waals surface area contributed by atoms with E-state index in [1.807, 2.05) is 26.0 Å². The number of aromatic nitrogens is 4. The highest BCUT2D eigenvalue weighted by Gasteiger charge is 2.14.